The highest BCUT2D eigenvalue weighted by Crippen LogP contribution is 2.31. The summed E-state index contributed by atoms with van der Waals surface area (Å²) in [4.78, 5) is 2.51. The lowest BCUT2D eigenvalue weighted by Gasteiger charge is -2.24. The van der Waals surface area contributed by atoms with E-state index >= 15 is 0 Å². The second-order valence-electron chi connectivity index (χ2n) is 6.69. The zero-order valence-electron chi connectivity index (χ0n) is 12.5. The van der Waals surface area contributed by atoms with Gasteiger partial charge in [0.15, 0.2) is 0 Å². The summed E-state index contributed by atoms with van der Waals surface area (Å²) >= 11 is 3.67. The van der Waals surface area contributed by atoms with Gasteiger partial charge < -0.3 is 10.2 Å². The maximum atomic E-state index is 3.67. The number of nitrogens with zero attached hydrogens (tertiary/aromatic N) is 1. The zero-order chi connectivity index (χ0) is 14.0. The third kappa shape index (κ3) is 4.22. The number of benzene rings is 1. The van der Waals surface area contributed by atoms with Crippen LogP contribution in [0.3, 0.4) is 0 Å². The molecule has 3 heteroatoms. The van der Waals surface area contributed by atoms with Crippen LogP contribution in [-0.4, -0.2) is 25.2 Å². The number of aryl methyl sites for hydroxylation is 1. The van der Waals surface area contributed by atoms with E-state index in [-0.39, 0.29) is 5.54 Å². The molecule has 0 aromatic heterocycles. The molecule has 1 heterocycles. The van der Waals surface area contributed by atoms with E-state index in [1.54, 1.807) is 0 Å². The largest absolute Gasteiger partial charge is 0.370 e. The molecule has 19 heavy (non-hydrogen) atoms. The molecular weight excluding hydrogens is 300 g/mol. The van der Waals surface area contributed by atoms with Gasteiger partial charge in [-0.3, -0.25) is 0 Å². The molecule has 2 rings (SSSR count). The third-order valence-electron chi connectivity index (χ3n) is 3.65. The summed E-state index contributed by atoms with van der Waals surface area (Å²) in [7, 11) is 0. The smallest absolute Gasteiger partial charge is 0.0513 e. The maximum absolute atomic E-state index is 3.67. The first-order chi connectivity index (χ1) is 8.85. The van der Waals surface area contributed by atoms with Gasteiger partial charge in [-0.05, 0) is 73.7 Å². The molecule has 0 saturated carbocycles. The molecule has 106 valence electrons. The molecule has 1 atom stereocenters. The van der Waals surface area contributed by atoms with E-state index in [1.807, 2.05) is 0 Å². The van der Waals surface area contributed by atoms with Gasteiger partial charge in [-0.15, -0.1) is 0 Å². The Hall–Kier alpha value is -0.540. The van der Waals surface area contributed by atoms with Gasteiger partial charge in [0.05, 0.1) is 5.69 Å². The molecule has 1 N–H and O–H groups in total. The van der Waals surface area contributed by atoms with Crippen molar-refractivity contribution in [1.29, 1.82) is 0 Å². The van der Waals surface area contributed by atoms with Gasteiger partial charge in [-0.25, -0.2) is 0 Å². The van der Waals surface area contributed by atoms with Gasteiger partial charge in [-0.2, -0.15) is 0 Å². The number of anilines is 1. The molecule has 1 aromatic carbocycles. The SMILES string of the molecule is Cc1ccc(Br)c(N2CCC(CNC(C)(C)C)C2)c1. The fourth-order valence-corrected chi connectivity index (χ4v) is 3.03. The molecule has 1 fully saturated rings. The lowest BCUT2D eigenvalue weighted by Crippen LogP contribution is -2.39. The lowest BCUT2D eigenvalue weighted by atomic mass is 10.1. The standard InChI is InChI=1S/C16H25BrN2/c1-12-5-6-14(17)15(9-12)19-8-7-13(11-19)10-18-16(2,3)4/h5-6,9,13,18H,7-8,10-11H2,1-4H3. The van der Waals surface area contributed by atoms with Crippen molar-refractivity contribution in [3.8, 4) is 0 Å². The average molecular weight is 325 g/mol. The maximum Gasteiger partial charge on any atom is 0.0513 e. The van der Waals surface area contributed by atoms with Crippen LogP contribution in [0.15, 0.2) is 22.7 Å². The molecule has 0 amide bonds. The molecule has 1 unspecified atom stereocenters. The zero-order valence-corrected chi connectivity index (χ0v) is 14.0. The first-order valence-electron chi connectivity index (χ1n) is 7.11. The van der Waals surface area contributed by atoms with Crippen molar-refractivity contribution in [1.82, 2.24) is 5.32 Å². The minimum atomic E-state index is 0.220. The minimum absolute atomic E-state index is 0.220. The Labute approximate surface area is 125 Å². The summed E-state index contributed by atoms with van der Waals surface area (Å²) < 4.78 is 1.21. The van der Waals surface area contributed by atoms with Gasteiger partial charge in [0.25, 0.3) is 0 Å². The van der Waals surface area contributed by atoms with Crippen LogP contribution in [0.4, 0.5) is 5.69 Å². The van der Waals surface area contributed by atoms with Crippen molar-refractivity contribution in [2.45, 2.75) is 39.7 Å². The summed E-state index contributed by atoms with van der Waals surface area (Å²) in [5.74, 6) is 0.756. The van der Waals surface area contributed by atoms with Crippen LogP contribution in [0.25, 0.3) is 0 Å². The third-order valence-corrected chi connectivity index (χ3v) is 4.32. The fraction of sp³-hybridized carbons (Fsp3) is 0.625. The Bertz CT molecular complexity index is 437. The lowest BCUT2D eigenvalue weighted by molar-refractivity contribution is 0.383. The summed E-state index contributed by atoms with van der Waals surface area (Å²) in [6.45, 7) is 12.3. The highest BCUT2D eigenvalue weighted by molar-refractivity contribution is 9.10. The number of hydrogen-bond acceptors (Lipinski definition) is 2. The Morgan fingerprint density at radius 2 is 2.11 bits per heavy atom. The normalized spacial score (nSPS) is 20.1. The fourth-order valence-electron chi connectivity index (χ4n) is 2.53. The van der Waals surface area contributed by atoms with Crippen LogP contribution in [0.2, 0.25) is 0 Å². The molecule has 0 spiro atoms. The highest BCUT2D eigenvalue weighted by Gasteiger charge is 2.25. The van der Waals surface area contributed by atoms with Gasteiger partial charge in [0.1, 0.15) is 0 Å². The molecule has 1 aliphatic heterocycles. The highest BCUT2D eigenvalue weighted by atomic mass is 79.9. The number of rotatable bonds is 3. The molecule has 1 aromatic rings. The van der Waals surface area contributed by atoms with Gasteiger partial charge in [0, 0.05) is 29.6 Å². The Kier molecular flexibility index (Phi) is 4.57. The van der Waals surface area contributed by atoms with E-state index in [9.17, 15) is 0 Å². The second-order valence-corrected chi connectivity index (χ2v) is 7.54. The molecular formula is C16H25BrN2. The van der Waals surface area contributed by atoms with Gasteiger partial charge >= 0.3 is 0 Å². The quantitative estimate of drug-likeness (QED) is 0.904. The van der Waals surface area contributed by atoms with Crippen LogP contribution in [0.5, 0.6) is 0 Å². The van der Waals surface area contributed by atoms with E-state index in [0.717, 1.165) is 19.0 Å². The second kappa shape index (κ2) is 5.84. The van der Waals surface area contributed by atoms with E-state index in [2.05, 4.69) is 72.0 Å². The van der Waals surface area contributed by atoms with Crippen molar-refractivity contribution in [2.24, 2.45) is 5.92 Å². The number of hydrogen-bond donors (Lipinski definition) is 1. The Balaban J connectivity index is 1.96. The van der Waals surface area contributed by atoms with Crippen molar-refractivity contribution in [3.63, 3.8) is 0 Å². The summed E-state index contributed by atoms with van der Waals surface area (Å²) in [6.07, 6.45) is 1.28. The van der Waals surface area contributed by atoms with Crippen molar-refractivity contribution >= 4 is 21.6 Å². The topological polar surface area (TPSA) is 15.3 Å². The van der Waals surface area contributed by atoms with Crippen LogP contribution in [0.1, 0.15) is 32.8 Å². The van der Waals surface area contributed by atoms with E-state index in [1.165, 1.54) is 28.7 Å². The van der Waals surface area contributed by atoms with Crippen LogP contribution in [0, 0.1) is 12.8 Å². The van der Waals surface area contributed by atoms with E-state index < -0.39 is 0 Å². The predicted octanol–water partition coefficient (Wildman–Crippen LogP) is 3.97. The number of halogens is 1. The molecule has 0 radical (unpaired) electrons. The van der Waals surface area contributed by atoms with Crippen LogP contribution < -0.4 is 10.2 Å². The first kappa shape index (κ1) is 14.9. The molecule has 1 aliphatic rings. The van der Waals surface area contributed by atoms with Gasteiger partial charge in [-0.1, -0.05) is 6.07 Å². The van der Waals surface area contributed by atoms with Crippen molar-refractivity contribution in [2.75, 3.05) is 24.5 Å². The summed E-state index contributed by atoms with van der Waals surface area (Å²) in [5.41, 5.74) is 2.89. The Morgan fingerprint density at radius 3 is 2.79 bits per heavy atom. The van der Waals surface area contributed by atoms with E-state index in [4.69, 9.17) is 0 Å². The minimum Gasteiger partial charge on any atom is -0.370 e. The monoisotopic (exact) mass is 324 g/mol. The first-order valence-corrected chi connectivity index (χ1v) is 7.90. The summed E-state index contributed by atoms with van der Waals surface area (Å²) in [5, 5.41) is 3.62. The molecule has 0 bridgehead atoms. The van der Waals surface area contributed by atoms with Crippen LogP contribution >= 0.6 is 15.9 Å². The van der Waals surface area contributed by atoms with E-state index in [0.29, 0.717) is 0 Å². The van der Waals surface area contributed by atoms with Crippen LogP contribution in [-0.2, 0) is 0 Å². The van der Waals surface area contributed by atoms with Gasteiger partial charge in [0.2, 0.25) is 0 Å². The summed E-state index contributed by atoms with van der Waals surface area (Å²) in [6, 6.07) is 6.59. The van der Waals surface area contributed by atoms with Crippen molar-refractivity contribution < 1.29 is 0 Å². The molecule has 1 saturated heterocycles. The predicted molar refractivity (Wildman–Crippen MR) is 87.0 cm³/mol. The number of nitrogens with one attached hydrogen (secondary N) is 1. The van der Waals surface area contributed by atoms with Crippen molar-refractivity contribution in [3.05, 3.63) is 28.2 Å². The average Bonchev–Trinajstić information content (AvgIpc) is 2.77. The Morgan fingerprint density at radius 1 is 1.37 bits per heavy atom. The molecule has 0 aliphatic carbocycles. The molecule has 2 nitrogen and oxygen atoms in total.